The Morgan fingerprint density at radius 1 is 1.50 bits per heavy atom. The van der Waals surface area contributed by atoms with Crippen LogP contribution in [0.4, 0.5) is 5.69 Å². The number of nitrogens with one attached hydrogen (secondary N) is 1. The molecule has 1 aromatic heterocycles. The summed E-state index contributed by atoms with van der Waals surface area (Å²) in [6.07, 6.45) is 0. The zero-order valence-corrected chi connectivity index (χ0v) is 13.3. The molecule has 0 saturated heterocycles. The van der Waals surface area contributed by atoms with Gasteiger partial charge in [-0.15, -0.1) is 23.1 Å². The molecular weight excluding hydrogens is 312 g/mol. The molecule has 0 bridgehead atoms. The highest BCUT2D eigenvalue weighted by Crippen LogP contribution is 2.28. The molecule has 3 nitrogen and oxygen atoms in total. The molecule has 0 aliphatic heterocycles. The van der Waals surface area contributed by atoms with E-state index in [9.17, 15) is 4.79 Å². The van der Waals surface area contributed by atoms with E-state index in [0.29, 0.717) is 16.5 Å². The minimum absolute atomic E-state index is 0.0183. The number of carbonyl (C=O) groups is 1. The van der Waals surface area contributed by atoms with Gasteiger partial charge < -0.3 is 11.1 Å². The van der Waals surface area contributed by atoms with Gasteiger partial charge in [0.2, 0.25) is 5.91 Å². The van der Waals surface area contributed by atoms with E-state index in [1.807, 2.05) is 24.4 Å². The summed E-state index contributed by atoms with van der Waals surface area (Å²) >= 11 is 8.94. The van der Waals surface area contributed by atoms with E-state index in [1.54, 1.807) is 29.5 Å². The van der Waals surface area contributed by atoms with Gasteiger partial charge in [-0.05, 0) is 36.6 Å². The van der Waals surface area contributed by atoms with Gasteiger partial charge in [0.25, 0.3) is 0 Å². The molecule has 0 fully saturated rings. The second-order valence-corrected chi connectivity index (χ2v) is 6.71. The van der Waals surface area contributed by atoms with E-state index in [2.05, 4.69) is 5.32 Å². The summed E-state index contributed by atoms with van der Waals surface area (Å²) in [5.74, 6) is 0.301. The van der Waals surface area contributed by atoms with Crippen molar-refractivity contribution in [3.8, 4) is 0 Å². The van der Waals surface area contributed by atoms with Crippen molar-refractivity contribution in [1.29, 1.82) is 0 Å². The predicted molar refractivity (Wildman–Crippen MR) is 87.5 cm³/mol. The van der Waals surface area contributed by atoms with Gasteiger partial charge in [0.1, 0.15) is 0 Å². The molecule has 0 saturated carbocycles. The Labute approximate surface area is 131 Å². The lowest BCUT2D eigenvalue weighted by Gasteiger charge is -2.12. The van der Waals surface area contributed by atoms with Crippen LogP contribution in [0, 0.1) is 0 Å². The molecule has 6 heteroatoms. The quantitative estimate of drug-likeness (QED) is 0.646. The number of nitrogens with two attached hydrogens (primary N) is 1. The maximum atomic E-state index is 11.9. The van der Waals surface area contributed by atoms with Crippen LogP contribution >= 0.6 is 34.7 Å². The number of amides is 1. The summed E-state index contributed by atoms with van der Waals surface area (Å²) in [6.45, 7) is 1.97. The molecule has 106 valence electrons. The number of nitrogen functional groups attached to an aromatic ring is 1. The van der Waals surface area contributed by atoms with Crippen molar-refractivity contribution in [2.75, 3.05) is 11.5 Å². The Morgan fingerprint density at radius 2 is 2.30 bits per heavy atom. The maximum Gasteiger partial charge on any atom is 0.230 e. The third-order valence-electron chi connectivity index (χ3n) is 2.68. The van der Waals surface area contributed by atoms with Gasteiger partial charge in [0, 0.05) is 20.5 Å². The number of thiophene rings is 1. The Morgan fingerprint density at radius 3 is 3.00 bits per heavy atom. The van der Waals surface area contributed by atoms with E-state index < -0.39 is 0 Å². The zero-order valence-electron chi connectivity index (χ0n) is 10.9. The summed E-state index contributed by atoms with van der Waals surface area (Å²) in [4.78, 5) is 13.9. The van der Waals surface area contributed by atoms with Crippen molar-refractivity contribution in [1.82, 2.24) is 5.32 Å². The number of anilines is 1. The Kier molecular flexibility index (Phi) is 5.34. The summed E-state index contributed by atoms with van der Waals surface area (Å²) in [6, 6.07) is 9.27. The lowest BCUT2D eigenvalue weighted by atomic mass is 10.3. The zero-order chi connectivity index (χ0) is 14.5. The van der Waals surface area contributed by atoms with Gasteiger partial charge in [-0.3, -0.25) is 4.79 Å². The first-order valence-corrected chi connectivity index (χ1v) is 8.31. The average molecular weight is 327 g/mol. The minimum atomic E-state index is -0.0183. The van der Waals surface area contributed by atoms with Crippen LogP contribution in [-0.4, -0.2) is 11.7 Å². The van der Waals surface area contributed by atoms with Crippen LogP contribution in [0.1, 0.15) is 17.8 Å². The third kappa shape index (κ3) is 4.16. The van der Waals surface area contributed by atoms with E-state index in [1.165, 1.54) is 11.8 Å². The number of halogens is 1. The van der Waals surface area contributed by atoms with Crippen LogP contribution in [0.15, 0.2) is 40.6 Å². The van der Waals surface area contributed by atoms with Crippen molar-refractivity contribution >= 4 is 46.3 Å². The van der Waals surface area contributed by atoms with Crippen molar-refractivity contribution in [2.45, 2.75) is 17.9 Å². The van der Waals surface area contributed by atoms with Crippen LogP contribution in [0.2, 0.25) is 5.02 Å². The largest absolute Gasteiger partial charge is 0.398 e. The predicted octanol–water partition coefficient (Wildman–Crippen LogP) is 3.95. The number of thioether (sulfide) groups is 1. The SMILES string of the molecule is CC(NC(=O)CSc1cc(Cl)ccc1N)c1cccs1. The highest BCUT2D eigenvalue weighted by Gasteiger charge is 2.11. The van der Waals surface area contributed by atoms with Crippen LogP contribution in [0.5, 0.6) is 0 Å². The third-order valence-corrected chi connectivity index (χ3v) is 5.04. The highest BCUT2D eigenvalue weighted by atomic mass is 35.5. The van der Waals surface area contributed by atoms with Crippen molar-refractivity contribution in [3.63, 3.8) is 0 Å². The first-order chi connectivity index (χ1) is 9.56. The number of rotatable bonds is 5. The number of benzene rings is 1. The molecule has 0 radical (unpaired) electrons. The summed E-state index contributed by atoms with van der Waals surface area (Å²) in [5, 5.41) is 5.58. The normalized spacial score (nSPS) is 12.1. The molecule has 2 rings (SSSR count). The molecule has 0 spiro atoms. The fraction of sp³-hybridized carbons (Fsp3) is 0.214. The molecule has 1 aromatic carbocycles. The van der Waals surface area contributed by atoms with Crippen LogP contribution in [-0.2, 0) is 4.79 Å². The van der Waals surface area contributed by atoms with E-state index in [0.717, 1.165) is 9.77 Å². The highest BCUT2D eigenvalue weighted by molar-refractivity contribution is 8.00. The number of hydrogen-bond acceptors (Lipinski definition) is 4. The average Bonchev–Trinajstić information content (AvgIpc) is 2.94. The van der Waals surface area contributed by atoms with Gasteiger partial charge in [-0.1, -0.05) is 17.7 Å². The lowest BCUT2D eigenvalue weighted by molar-refractivity contribution is -0.119. The summed E-state index contributed by atoms with van der Waals surface area (Å²) in [7, 11) is 0. The van der Waals surface area contributed by atoms with Crippen molar-refractivity contribution < 1.29 is 4.79 Å². The van der Waals surface area contributed by atoms with Gasteiger partial charge in [-0.25, -0.2) is 0 Å². The van der Waals surface area contributed by atoms with Crippen LogP contribution in [0.25, 0.3) is 0 Å². The molecule has 0 aliphatic carbocycles. The van der Waals surface area contributed by atoms with Crippen molar-refractivity contribution in [2.24, 2.45) is 0 Å². The topological polar surface area (TPSA) is 55.1 Å². The Hall–Kier alpha value is -1.17. The standard InChI is InChI=1S/C14H15ClN2OS2/c1-9(12-3-2-6-19-12)17-14(18)8-20-13-7-10(15)4-5-11(13)16/h2-7,9H,8,16H2,1H3,(H,17,18). The molecule has 1 unspecified atom stereocenters. The molecule has 2 aromatic rings. The van der Waals surface area contributed by atoms with Gasteiger partial charge in [0.15, 0.2) is 0 Å². The summed E-state index contributed by atoms with van der Waals surface area (Å²) < 4.78 is 0. The molecule has 3 N–H and O–H groups in total. The molecule has 0 aliphatic rings. The smallest absolute Gasteiger partial charge is 0.230 e. The summed E-state index contributed by atoms with van der Waals surface area (Å²) in [5.41, 5.74) is 6.48. The van der Waals surface area contributed by atoms with Gasteiger partial charge in [0.05, 0.1) is 11.8 Å². The number of carbonyl (C=O) groups excluding carboxylic acids is 1. The Balaban J connectivity index is 1.87. The molecule has 1 heterocycles. The van der Waals surface area contributed by atoms with Crippen molar-refractivity contribution in [3.05, 3.63) is 45.6 Å². The molecule has 1 atom stereocenters. The molecular formula is C14H15ClN2OS2. The van der Waals surface area contributed by atoms with E-state index >= 15 is 0 Å². The second-order valence-electron chi connectivity index (χ2n) is 4.28. The Bertz CT molecular complexity index is 587. The monoisotopic (exact) mass is 326 g/mol. The molecule has 20 heavy (non-hydrogen) atoms. The fourth-order valence-electron chi connectivity index (χ4n) is 1.67. The first-order valence-electron chi connectivity index (χ1n) is 6.07. The van der Waals surface area contributed by atoms with E-state index in [-0.39, 0.29) is 11.9 Å². The minimum Gasteiger partial charge on any atom is -0.398 e. The van der Waals surface area contributed by atoms with Gasteiger partial charge >= 0.3 is 0 Å². The lowest BCUT2D eigenvalue weighted by Crippen LogP contribution is -2.27. The van der Waals surface area contributed by atoms with E-state index in [4.69, 9.17) is 17.3 Å². The maximum absolute atomic E-state index is 11.9. The van der Waals surface area contributed by atoms with Crippen LogP contribution in [0.3, 0.4) is 0 Å². The fourth-order valence-corrected chi connectivity index (χ4v) is 3.45. The van der Waals surface area contributed by atoms with Crippen LogP contribution < -0.4 is 11.1 Å². The van der Waals surface area contributed by atoms with Gasteiger partial charge in [-0.2, -0.15) is 0 Å². The number of hydrogen-bond donors (Lipinski definition) is 2. The first kappa shape index (κ1) is 15.2. The molecule has 1 amide bonds. The second kappa shape index (κ2) is 7.02.